The van der Waals surface area contributed by atoms with E-state index in [9.17, 15) is 28.1 Å². The van der Waals surface area contributed by atoms with Gasteiger partial charge in [-0.25, -0.2) is 0 Å². The van der Waals surface area contributed by atoms with E-state index in [2.05, 4.69) is 0 Å². The van der Waals surface area contributed by atoms with Crippen molar-refractivity contribution in [2.45, 2.75) is 19.3 Å². The molecule has 0 aliphatic carbocycles. The van der Waals surface area contributed by atoms with Crippen molar-refractivity contribution >= 4 is 11.6 Å². The van der Waals surface area contributed by atoms with Crippen LogP contribution in [0.2, 0.25) is 0 Å². The van der Waals surface area contributed by atoms with E-state index in [-0.39, 0.29) is 24.0 Å². The molecule has 0 N–H and O–H groups in total. The summed E-state index contributed by atoms with van der Waals surface area (Å²) in [6, 6.07) is 14.1. The Kier molecular flexibility index (Phi) is 7.06. The van der Waals surface area contributed by atoms with Gasteiger partial charge in [0.2, 0.25) is 0 Å². The minimum atomic E-state index is -4.38. The first-order valence-electron chi connectivity index (χ1n) is 10.8. The number of amides is 1. The lowest BCUT2D eigenvalue weighted by molar-refractivity contribution is -0.384. The van der Waals surface area contributed by atoms with Gasteiger partial charge in [-0.15, -0.1) is 0 Å². The number of carbonyl (C=O) groups excluding carboxylic acids is 1. The van der Waals surface area contributed by atoms with Crippen LogP contribution < -0.4 is 4.74 Å². The second-order valence-electron chi connectivity index (χ2n) is 8.07. The Morgan fingerprint density at radius 1 is 1.03 bits per heavy atom. The summed E-state index contributed by atoms with van der Waals surface area (Å²) in [4.78, 5) is 26.6. The number of benzene rings is 2. The summed E-state index contributed by atoms with van der Waals surface area (Å²) >= 11 is 0. The van der Waals surface area contributed by atoms with Crippen molar-refractivity contribution in [3.8, 4) is 5.75 Å². The molecule has 2 aromatic carbocycles. The Bertz CT molecular complexity index is 1190. The van der Waals surface area contributed by atoms with Crippen LogP contribution in [0, 0.1) is 10.1 Å². The first-order valence-corrected chi connectivity index (χ1v) is 10.8. The zero-order chi connectivity index (χ0) is 25.0. The van der Waals surface area contributed by atoms with Crippen LogP contribution in [0.25, 0.3) is 0 Å². The van der Waals surface area contributed by atoms with Gasteiger partial charge < -0.3 is 14.1 Å². The maximum absolute atomic E-state index is 12.9. The fourth-order valence-electron chi connectivity index (χ4n) is 3.76. The third-order valence-electron chi connectivity index (χ3n) is 5.62. The van der Waals surface area contributed by atoms with E-state index in [0.717, 1.165) is 12.1 Å². The maximum Gasteiger partial charge on any atom is 0.416 e. The summed E-state index contributed by atoms with van der Waals surface area (Å²) in [5, 5.41) is 10.7. The van der Waals surface area contributed by atoms with Crippen LogP contribution in [0.4, 0.5) is 18.9 Å². The Labute approximate surface area is 198 Å². The van der Waals surface area contributed by atoms with E-state index in [1.165, 1.54) is 30.3 Å². The molecule has 1 amide bonds. The summed E-state index contributed by atoms with van der Waals surface area (Å²) in [5.74, 6) is 0.746. The monoisotopic (exact) mass is 489 g/mol. The molecule has 1 aliphatic heterocycles. The predicted octanol–water partition coefficient (Wildman–Crippen LogP) is 4.74. The lowest BCUT2D eigenvalue weighted by atomic mass is 10.1. The van der Waals surface area contributed by atoms with Crippen molar-refractivity contribution < 1.29 is 32.0 Å². The minimum absolute atomic E-state index is 0.0434. The zero-order valence-corrected chi connectivity index (χ0v) is 18.5. The fourth-order valence-corrected chi connectivity index (χ4v) is 3.76. The van der Waals surface area contributed by atoms with Gasteiger partial charge in [-0.1, -0.05) is 18.2 Å². The highest BCUT2D eigenvalue weighted by Gasteiger charge is 2.31. The molecule has 1 fully saturated rings. The zero-order valence-electron chi connectivity index (χ0n) is 18.5. The molecule has 8 nitrogen and oxygen atoms in total. The highest BCUT2D eigenvalue weighted by Crippen LogP contribution is 2.30. The lowest BCUT2D eigenvalue weighted by Gasteiger charge is -2.34. The van der Waals surface area contributed by atoms with Crippen molar-refractivity contribution in [3.63, 3.8) is 0 Å². The second-order valence-corrected chi connectivity index (χ2v) is 8.07. The van der Waals surface area contributed by atoms with Gasteiger partial charge in [0.05, 0.1) is 10.5 Å². The SMILES string of the molecule is O=C(c1ccc(COc2ccc([N+](=O)[O-])cc2)o1)N1CCN(Cc2cccc(C(F)(F)F)c2)CC1. The molecule has 4 rings (SSSR count). The summed E-state index contributed by atoms with van der Waals surface area (Å²) < 4.78 is 49.9. The van der Waals surface area contributed by atoms with Crippen molar-refractivity contribution in [3.05, 3.63) is 93.4 Å². The van der Waals surface area contributed by atoms with E-state index in [4.69, 9.17) is 9.15 Å². The van der Waals surface area contributed by atoms with E-state index in [0.29, 0.717) is 49.8 Å². The van der Waals surface area contributed by atoms with Gasteiger partial charge in [0, 0.05) is 44.9 Å². The van der Waals surface area contributed by atoms with Gasteiger partial charge in [-0.2, -0.15) is 13.2 Å². The average molecular weight is 489 g/mol. The number of nitrogens with zero attached hydrogens (tertiary/aromatic N) is 3. The van der Waals surface area contributed by atoms with Crippen LogP contribution >= 0.6 is 0 Å². The van der Waals surface area contributed by atoms with Crippen molar-refractivity contribution in [2.24, 2.45) is 0 Å². The van der Waals surface area contributed by atoms with E-state index >= 15 is 0 Å². The van der Waals surface area contributed by atoms with Gasteiger partial charge >= 0.3 is 6.18 Å². The molecule has 0 saturated carbocycles. The Morgan fingerprint density at radius 2 is 1.74 bits per heavy atom. The van der Waals surface area contributed by atoms with Crippen molar-refractivity contribution in [1.29, 1.82) is 0 Å². The molecular weight excluding hydrogens is 467 g/mol. The quantitative estimate of drug-likeness (QED) is 0.352. The van der Waals surface area contributed by atoms with Gasteiger partial charge in [0.15, 0.2) is 5.76 Å². The number of non-ortho nitro benzene ring substituents is 1. The standard InChI is InChI=1S/C24H22F3N3O5/c25-24(26,27)18-3-1-2-17(14-18)15-28-10-12-29(13-11-28)23(31)22-9-8-21(35-22)16-34-20-6-4-19(5-7-20)30(32)33/h1-9,14H,10-13,15-16H2. The summed E-state index contributed by atoms with van der Waals surface area (Å²) in [7, 11) is 0. The summed E-state index contributed by atoms with van der Waals surface area (Å²) in [6.07, 6.45) is -4.38. The third-order valence-corrected chi connectivity index (χ3v) is 5.62. The smallest absolute Gasteiger partial charge is 0.416 e. The predicted molar refractivity (Wildman–Crippen MR) is 119 cm³/mol. The number of nitro groups is 1. The number of alkyl halides is 3. The maximum atomic E-state index is 12.9. The Hall–Kier alpha value is -3.86. The number of rotatable bonds is 7. The number of hydrogen-bond donors (Lipinski definition) is 0. The minimum Gasteiger partial charge on any atom is -0.486 e. The topological polar surface area (TPSA) is 89.1 Å². The molecule has 35 heavy (non-hydrogen) atoms. The van der Waals surface area contributed by atoms with E-state index in [1.54, 1.807) is 23.1 Å². The number of piperazine rings is 1. The Morgan fingerprint density at radius 3 is 2.40 bits per heavy atom. The lowest BCUT2D eigenvalue weighted by Crippen LogP contribution is -2.48. The average Bonchev–Trinajstić information content (AvgIpc) is 3.32. The number of ether oxygens (including phenoxy) is 1. The van der Waals surface area contributed by atoms with Gasteiger partial charge in [-0.05, 0) is 35.9 Å². The largest absolute Gasteiger partial charge is 0.486 e. The first kappa shape index (κ1) is 24.3. The highest BCUT2D eigenvalue weighted by molar-refractivity contribution is 5.91. The third kappa shape index (κ3) is 6.18. The van der Waals surface area contributed by atoms with Crippen LogP contribution in [0.3, 0.4) is 0 Å². The highest BCUT2D eigenvalue weighted by atomic mass is 19.4. The molecule has 3 aromatic rings. The number of halogens is 3. The molecule has 184 valence electrons. The second kappa shape index (κ2) is 10.2. The van der Waals surface area contributed by atoms with Crippen LogP contribution in [-0.2, 0) is 19.3 Å². The molecule has 1 aliphatic rings. The summed E-state index contributed by atoms with van der Waals surface area (Å²) in [5.41, 5.74) is -0.142. The molecule has 2 heterocycles. The normalized spacial score (nSPS) is 14.7. The van der Waals surface area contributed by atoms with Crippen LogP contribution in [-0.4, -0.2) is 46.8 Å². The fraction of sp³-hybridized carbons (Fsp3) is 0.292. The van der Waals surface area contributed by atoms with Crippen LogP contribution in [0.5, 0.6) is 5.75 Å². The van der Waals surface area contributed by atoms with E-state index < -0.39 is 16.7 Å². The summed E-state index contributed by atoms with van der Waals surface area (Å²) in [6.45, 7) is 2.32. The Balaban J connectivity index is 1.27. The molecule has 0 unspecified atom stereocenters. The molecule has 1 aromatic heterocycles. The van der Waals surface area contributed by atoms with Crippen LogP contribution in [0.15, 0.2) is 65.1 Å². The molecule has 0 atom stereocenters. The number of furan rings is 1. The number of carbonyl (C=O) groups is 1. The molecule has 0 radical (unpaired) electrons. The molecule has 1 saturated heterocycles. The first-order chi connectivity index (χ1) is 16.7. The molecule has 0 spiro atoms. The van der Waals surface area contributed by atoms with Crippen molar-refractivity contribution in [2.75, 3.05) is 26.2 Å². The van der Waals surface area contributed by atoms with Gasteiger partial charge in [0.25, 0.3) is 11.6 Å². The molecule has 0 bridgehead atoms. The number of nitro benzene ring substituents is 1. The van der Waals surface area contributed by atoms with Crippen molar-refractivity contribution in [1.82, 2.24) is 9.80 Å². The number of hydrogen-bond acceptors (Lipinski definition) is 6. The van der Waals surface area contributed by atoms with Gasteiger partial charge in [0.1, 0.15) is 18.1 Å². The van der Waals surface area contributed by atoms with Gasteiger partial charge in [-0.3, -0.25) is 19.8 Å². The molecular formula is C24H22F3N3O5. The molecule has 11 heteroatoms. The van der Waals surface area contributed by atoms with Crippen LogP contribution in [0.1, 0.15) is 27.4 Å². The van der Waals surface area contributed by atoms with E-state index in [1.807, 2.05) is 4.90 Å².